The van der Waals surface area contributed by atoms with E-state index >= 15 is 0 Å². The molecule has 3 N–H and O–H groups in total. The Bertz CT molecular complexity index is 528. The minimum absolute atomic E-state index is 0.0142. The van der Waals surface area contributed by atoms with Crippen molar-refractivity contribution in [3.05, 3.63) is 34.3 Å². The van der Waals surface area contributed by atoms with Gasteiger partial charge in [-0.15, -0.1) is 0 Å². The third kappa shape index (κ3) is 4.72. The van der Waals surface area contributed by atoms with Crippen LogP contribution < -0.4 is 10.5 Å². The van der Waals surface area contributed by atoms with Gasteiger partial charge in [-0.1, -0.05) is 11.6 Å². The van der Waals surface area contributed by atoms with Crippen molar-refractivity contribution >= 4 is 27.5 Å². The van der Waals surface area contributed by atoms with Crippen molar-refractivity contribution < 1.29 is 13.2 Å². The Kier molecular flexibility index (Phi) is 4.50. The molecule has 0 spiro atoms. The maximum Gasteiger partial charge on any atom is 0.251 e. The van der Waals surface area contributed by atoms with Crippen LogP contribution in [0.25, 0.3) is 0 Å². The summed E-state index contributed by atoms with van der Waals surface area (Å²) in [6.07, 6.45) is 0. The number of halogens is 1. The summed E-state index contributed by atoms with van der Waals surface area (Å²) in [5.41, 5.74) is 1.19. The highest BCUT2D eigenvalue weighted by Crippen LogP contribution is 2.14. The number of hydrogen-bond donors (Lipinski definition) is 2. The molecule has 0 bridgehead atoms. The molecule has 0 heterocycles. The summed E-state index contributed by atoms with van der Waals surface area (Å²) >= 11 is 5.76. The molecule has 0 aliphatic heterocycles. The van der Waals surface area contributed by atoms with Crippen molar-refractivity contribution in [1.82, 2.24) is 5.32 Å². The Labute approximate surface area is 105 Å². The van der Waals surface area contributed by atoms with Crippen LogP contribution in [0.1, 0.15) is 15.9 Å². The van der Waals surface area contributed by atoms with E-state index in [9.17, 15) is 13.2 Å². The molecule has 0 radical (unpaired) electrons. The van der Waals surface area contributed by atoms with E-state index in [-0.39, 0.29) is 18.2 Å². The predicted octanol–water partition coefficient (Wildman–Crippen LogP) is 0.667. The van der Waals surface area contributed by atoms with Crippen LogP contribution in [-0.2, 0) is 10.0 Å². The zero-order chi connectivity index (χ0) is 13.1. The fourth-order valence-corrected chi connectivity index (χ4v) is 1.90. The van der Waals surface area contributed by atoms with Crippen LogP contribution >= 0.6 is 11.6 Å². The van der Waals surface area contributed by atoms with E-state index in [0.29, 0.717) is 10.6 Å². The number of primary sulfonamides is 1. The average Bonchev–Trinajstić information content (AvgIpc) is 2.15. The maximum atomic E-state index is 11.7. The highest BCUT2D eigenvalue weighted by molar-refractivity contribution is 7.89. The van der Waals surface area contributed by atoms with Crippen molar-refractivity contribution in [2.75, 3.05) is 12.3 Å². The molecule has 0 atom stereocenters. The van der Waals surface area contributed by atoms with E-state index in [1.165, 1.54) is 0 Å². The van der Waals surface area contributed by atoms with Crippen molar-refractivity contribution in [3.8, 4) is 0 Å². The Morgan fingerprint density at radius 1 is 1.47 bits per heavy atom. The summed E-state index contributed by atoms with van der Waals surface area (Å²) in [6, 6.07) is 4.85. The molecule has 5 nitrogen and oxygen atoms in total. The van der Waals surface area contributed by atoms with Gasteiger partial charge in [0.25, 0.3) is 5.91 Å². The van der Waals surface area contributed by atoms with Crippen LogP contribution in [0.5, 0.6) is 0 Å². The van der Waals surface area contributed by atoms with Crippen LogP contribution in [0, 0.1) is 6.92 Å². The second-order valence-electron chi connectivity index (χ2n) is 3.58. The molecule has 0 unspecified atom stereocenters. The Hall–Kier alpha value is -1.11. The Morgan fingerprint density at radius 2 is 2.12 bits per heavy atom. The van der Waals surface area contributed by atoms with Gasteiger partial charge in [-0.3, -0.25) is 4.79 Å². The molecule has 17 heavy (non-hydrogen) atoms. The second kappa shape index (κ2) is 5.48. The lowest BCUT2D eigenvalue weighted by Crippen LogP contribution is -2.31. The normalized spacial score (nSPS) is 11.2. The van der Waals surface area contributed by atoms with Gasteiger partial charge in [0.05, 0.1) is 5.75 Å². The molecule has 0 fully saturated rings. The number of nitrogens with two attached hydrogens (primary N) is 1. The van der Waals surface area contributed by atoms with Gasteiger partial charge >= 0.3 is 0 Å². The number of benzene rings is 1. The monoisotopic (exact) mass is 276 g/mol. The first-order chi connectivity index (χ1) is 7.79. The van der Waals surface area contributed by atoms with Crippen LogP contribution in [0.15, 0.2) is 18.2 Å². The van der Waals surface area contributed by atoms with Gasteiger partial charge in [0.1, 0.15) is 0 Å². The summed E-state index contributed by atoms with van der Waals surface area (Å²) in [5, 5.41) is 7.83. The fraction of sp³-hybridized carbons (Fsp3) is 0.300. The van der Waals surface area contributed by atoms with Crippen LogP contribution in [-0.4, -0.2) is 26.6 Å². The van der Waals surface area contributed by atoms with E-state index in [1.54, 1.807) is 25.1 Å². The number of nitrogens with one attached hydrogen (secondary N) is 1. The SMILES string of the molecule is Cc1cc(Cl)ccc1C(=O)NCCS(N)(=O)=O. The highest BCUT2D eigenvalue weighted by Gasteiger charge is 2.10. The minimum Gasteiger partial charge on any atom is -0.351 e. The molecule has 1 rings (SSSR count). The number of aryl methyl sites for hydroxylation is 1. The second-order valence-corrected chi connectivity index (χ2v) is 5.75. The van der Waals surface area contributed by atoms with E-state index < -0.39 is 10.0 Å². The number of carbonyl (C=O) groups is 1. The van der Waals surface area contributed by atoms with Crippen molar-refractivity contribution in [2.45, 2.75) is 6.92 Å². The number of sulfonamides is 1. The zero-order valence-electron chi connectivity index (χ0n) is 9.23. The molecule has 0 aliphatic carbocycles. The molecule has 7 heteroatoms. The largest absolute Gasteiger partial charge is 0.351 e. The first-order valence-corrected chi connectivity index (χ1v) is 6.94. The number of hydrogen-bond acceptors (Lipinski definition) is 3. The van der Waals surface area contributed by atoms with Crippen molar-refractivity contribution in [1.29, 1.82) is 0 Å². The highest BCUT2D eigenvalue weighted by atomic mass is 35.5. The lowest BCUT2D eigenvalue weighted by molar-refractivity contribution is 0.0955. The van der Waals surface area contributed by atoms with E-state index in [2.05, 4.69) is 5.32 Å². The molecular weight excluding hydrogens is 264 g/mol. The Balaban J connectivity index is 2.65. The van der Waals surface area contributed by atoms with Crippen LogP contribution in [0.3, 0.4) is 0 Å². The quantitative estimate of drug-likeness (QED) is 0.847. The number of rotatable bonds is 4. The topological polar surface area (TPSA) is 89.3 Å². The molecule has 94 valence electrons. The zero-order valence-corrected chi connectivity index (χ0v) is 10.8. The summed E-state index contributed by atoms with van der Waals surface area (Å²) in [4.78, 5) is 11.7. The van der Waals surface area contributed by atoms with Gasteiger partial charge in [0.2, 0.25) is 10.0 Å². The van der Waals surface area contributed by atoms with Crippen molar-refractivity contribution in [3.63, 3.8) is 0 Å². The average molecular weight is 277 g/mol. The standard InChI is InChI=1S/C10H13ClN2O3S/c1-7-6-8(11)2-3-9(7)10(14)13-4-5-17(12,15)16/h2-3,6H,4-5H2,1H3,(H,13,14)(H2,12,15,16). The van der Waals surface area contributed by atoms with Gasteiger partial charge in [-0.05, 0) is 30.7 Å². The molecule has 1 aromatic carbocycles. The summed E-state index contributed by atoms with van der Waals surface area (Å²) in [6.45, 7) is 1.74. The van der Waals surface area contributed by atoms with E-state index in [1.807, 2.05) is 0 Å². The molecule has 0 saturated carbocycles. The van der Waals surface area contributed by atoms with Crippen molar-refractivity contribution in [2.24, 2.45) is 5.14 Å². The number of carbonyl (C=O) groups excluding carboxylic acids is 1. The Morgan fingerprint density at radius 3 is 2.65 bits per heavy atom. The van der Waals surface area contributed by atoms with Gasteiger partial charge in [-0.25, -0.2) is 13.6 Å². The summed E-state index contributed by atoms with van der Waals surface area (Å²) in [7, 11) is -3.55. The third-order valence-electron chi connectivity index (χ3n) is 2.11. The maximum absolute atomic E-state index is 11.7. The van der Waals surface area contributed by atoms with E-state index in [4.69, 9.17) is 16.7 Å². The molecule has 0 aliphatic rings. The molecule has 0 aromatic heterocycles. The lowest BCUT2D eigenvalue weighted by Gasteiger charge is -2.07. The lowest BCUT2D eigenvalue weighted by atomic mass is 10.1. The summed E-state index contributed by atoms with van der Waals surface area (Å²) < 4.78 is 21.3. The van der Waals surface area contributed by atoms with Gasteiger partial charge in [0, 0.05) is 17.1 Å². The predicted molar refractivity (Wildman–Crippen MR) is 66.5 cm³/mol. The first kappa shape index (κ1) is 14.0. The molecule has 1 aromatic rings. The van der Waals surface area contributed by atoms with Gasteiger partial charge in [0.15, 0.2) is 0 Å². The van der Waals surface area contributed by atoms with Gasteiger partial charge < -0.3 is 5.32 Å². The van der Waals surface area contributed by atoms with Gasteiger partial charge in [-0.2, -0.15) is 0 Å². The van der Waals surface area contributed by atoms with E-state index in [0.717, 1.165) is 5.56 Å². The molecular formula is C10H13ClN2O3S. The first-order valence-electron chi connectivity index (χ1n) is 4.84. The number of amides is 1. The smallest absolute Gasteiger partial charge is 0.251 e. The minimum atomic E-state index is -3.55. The fourth-order valence-electron chi connectivity index (χ4n) is 1.28. The van der Waals surface area contributed by atoms with Crippen LogP contribution in [0.2, 0.25) is 5.02 Å². The molecule has 0 saturated heterocycles. The third-order valence-corrected chi connectivity index (χ3v) is 3.11. The summed E-state index contributed by atoms with van der Waals surface area (Å²) in [5.74, 6) is -0.631. The van der Waals surface area contributed by atoms with Crippen LogP contribution in [0.4, 0.5) is 0 Å². The molecule has 1 amide bonds.